The molecule has 0 saturated heterocycles. The number of allylic oxidation sites excluding steroid dienone is 3. The van der Waals surface area contributed by atoms with E-state index in [0.29, 0.717) is 0 Å². The summed E-state index contributed by atoms with van der Waals surface area (Å²) in [5.74, 6) is 0. The highest BCUT2D eigenvalue weighted by atomic mass is 79.9. The highest BCUT2D eigenvalue weighted by Gasteiger charge is 2.36. The van der Waals surface area contributed by atoms with Crippen LogP contribution in [0.5, 0.6) is 0 Å². The van der Waals surface area contributed by atoms with Gasteiger partial charge in [0.15, 0.2) is 0 Å². The van der Waals surface area contributed by atoms with Gasteiger partial charge in [0, 0.05) is 4.47 Å². The summed E-state index contributed by atoms with van der Waals surface area (Å²) in [6, 6.07) is 15.0. The fourth-order valence-electron chi connectivity index (χ4n) is 4.08. The molecule has 0 aromatic heterocycles. The summed E-state index contributed by atoms with van der Waals surface area (Å²) < 4.78 is 1.02. The highest BCUT2D eigenvalue weighted by Crippen LogP contribution is 2.46. The lowest BCUT2D eigenvalue weighted by Crippen LogP contribution is -2.33. The van der Waals surface area contributed by atoms with Gasteiger partial charge in [-0.2, -0.15) is 0 Å². The van der Waals surface area contributed by atoms with Gasteiger partial charge in [0.2, 0.25) is 0 Å². The molecule has 1 aliphatic rings. The van der Waals surface area contributed by atoms with Crippen LogP contribution >= 0.6 is 15.9 Å². The molecule has 0 fully saturated rings. The molecule has 0 radical (unpaired) electrons. The molecule has 0 heterocycles. The third-order valence-electron chi connectivity index (χ3n) is 6.21. The molecule has 148 valence electrons. The maximum atomic E-state index is 9.83. The Bertz CT molecular complexity index is 931. The maximum absolute atomic E-state index is 9.83. The molecule has 1 nitrogen and oxygen atoms in total. The van der Waals surface area contributed by atoms with Crippen LogP contribution in [0.1, 0.15) is 69.7 Å². The summed E-state index contributed by atoms with van der Waals surface area (Å²) >= 11 is 3.51. The first-order valence-corrected chi connectivity index (χ1v) is 10.8. The predicted octanol–water partition coefficient (Wildman–Crippen LogP) is 7.28. The lowest BCUT2D eigenvalue weighted by molar-refractivity contribution is 0.332. The van der Waals surface area contributed by atoms with Crippen LogP contribution in [-0.2, 0) is 10.8 Å². The summed E-state index contributed by atoms with van der Waals surface area (Å²) in [4.78, 5) is 0. The van der Waals surface area contributed by atoms with Gasteiger partial charge in [-0.25, -0.2) is 0 Å². The second kappa shape index (κ2) is 8.00. The number of halogens is 1. The minimum atomic E-state index is 0.0195. The molecule has 0 aliphatic heterocycles. The molecule has 28 heavy (non-hydrogen) atoms. The van der Waals surface area contributed by atoms with Gasteiger partial charge in [-0.15, -0.1) is 0 Å². The van der Waals surface area contributed by atoms with E-state index >= 15 is 0 Å². The summed E-state index contributed by atoms with van der Waals surface area (Å²) in [7, 11) is 0. The fraction of sp³-hybridized carbons (Fsp3) is 0.385. The van der Waals surface area contributed by atoms with Gasteiger partial charge in [0.05, 0.1) is 6.61 Å². The van der Waals surface area contributed by atoms with Gasteiger partial charge in [-0.3, -0.25) is 0 Å². The van der Waals surface area contributed by atoms with E-state index in [-0.39, 0.29) is 17.4 Å². The molecule has 0 bridgehead atoms. The van der Waals surface area contributed by atoms with E-state index in [9.17, 15) is 5.11 Å². The Kier molecular flexibility index (Phi) is 6.03. The predicted molar refractivity (Wildman–Crippen MR) is 125 cm³/mol. The number of fused-ring (bicyclic) bond motifs is 1. The highest BCUT2D eigenvalue weighted by molar-refractivity contribution is 9.10. The Labute approximate surface area is 178 Å². The first-order chi connectivity index (χ1) is 13.1. The zero-order valence-corrected chi connectivity index (χ0v) is 19.2. The molecule has 0 spiro atoms. The van der Waals surface area contributed by atoms with E-state index in [4.69, 9.17) is 0 Å². The average molecular weight is 439 g/mol. The van der Waals surface area contributed by atoms with Crippen LogP contribution in [0.4, 0.5) is 0 Å². The number of aliphatic hydroxyl groups is 1. The minimum absolute atomic E-state index is 0.0195. The summed E-state index contributed by atoms with van der Waals surface area (Å²) in [5, 5.41) is 9.83. The lowest BCUT2D eigenvalue weighted by atomic mass is 9.63. The van der Waals surface area contributed by atoms with Gasteiger partial charge >= 0.3 is 0 Å². The average Bonchev–Trinajstić information content (AvgIpc) is 2.66. The molecule has 1 aliphatic carbocycles. The molecule has 3 rings (SSSR count). The molecule has 2 heteroatoms. The molecule has 1 N–H and O–H groups in total. The van der Waals surface area contributed by atoms with Crippen molar-refractivity contribution < 1.29 is 5.11 Å². The van der Waals surface area contributed by atoms with Crippen molar-refractivity contribution in [1.82, 2.24) is 0 Å². The molecule has 0 saturated carbocycles. The van der Waals surface area contributed by atoms with E-state index in [1.165, 1.54) is 35.1 Å². The summed E-state index contributed by atoms with van der Waals surface area (Å²) in [6.07, 6.45) is 6.61. The summed E-state index contributed by atoms with van der Waals surface area (Å²) in [5.41, 5.74) is 7.84. The molecular formula is C26H31BrO. The van der Waals surface area contributed by atoms with Crippen molar-refractivity contribution in [1.29, 1.82) is 0 Å². The molecule has 2 aromatic carbocycles. The van der Waals surface area contributed by atoms with Crippen molar-refractivity contribution >= 4 is 27.1 Å². The lowest BCUT2D eigenvalue weighted by Gasteiger charge is -2.42. The van der Waals surface area contributed by atoms with Crippen molar-refractivity contribution in [2.45, 2.75) is 58.3 Å². The normalized spacial score (nSPS) is 18.7. The van der Waals surface area contributed by atoms with Gasteiger partial charge in [0.1, 0.15) is 0 Å². The Morgan fingerprint density at radius 1 is 0.929 bits per heavy atom. The first kappa shape index (κ1) is 21.1. The first-order valence-electron chi connectivity index (χ1n) is 10.0. The van der Waals surface area contributed by atoms with Crippen molar-refractivity contribution in [3.05, 3.63) is 81.3 Å². The van der Waals surface area contributed by atoms with Crippen LogP contribution < -0.4 is 0 Å². The topological polar surface area (TPSA) is 20.2 Å². The van der Waals surface area contributed by atoms with E-state index < -0.39 is 0 Å². The van der Waals surface area contributed by atoms with Crippen molar-refractivity contribution in [3.63, 3.8) is 0 Å². The van der Waals surface area contributed by atoms with Gasteiger partial charge in [-0.05, 0) is 76.1 Å². The third kappa shape index (κ3) is 4.34. The second-order valence-electron chi connectivity index (χ2n) is 9.24. The largest absolute Gasteiger partial charge is 0.392 e. The number of benzene rings is 2. The van der Waals surface area contributed by atoms with Crippen LogP contribution in [0.2, 0.25) is 0 Å². The Hall–Kier alpha value is -1.64. The van der Waals surface area contributed by atoms with Gasteiger partial charge in [0.25, 0.3) is 0 Å². The monoisotopic (exact) mass is 438 g/mol. The third-order valence-corrected chi connectivity index (χ3v) is 6.70. The number of hydrogen-bond acceptors (Lipinski definition) is 1. The van der Waals surface area contributed by atoms with Crippen molar-refractivity contribution in [3.8, 4) is 0 Å². The zero-order chi connectivity index (χ0) is 20.5. The molecular weight excluding hydrogens is 408 g/mol. The number of aliphatic hydroxyl groups excluding tert-OH is 1. The van der Waals surface area contributed by atoms with Crippen LogP contribution in [0.25, 0.3) is 11.1 Å². The van der Waals surface area contributed by atoms with Crippen LogP contribution in [0, 0.1) is 0 Å². The molecule has 0 atom stereocenters. The summed E-state index contributed by atoms with van der Waals surface area (Å²) in [6.45, 7) is 11.6. The van der Waals surface area contributed by atoms with E-state index in [2.05, 4.69) is 74.8 Å². The standard InChI is InChI=1S/C26H31BrO/c1-18(9-10-21(17-28)20-7-6-8-22(27)15-20)19-11-12-23-24(16-19)26(4,5)14-13-25(23,2)3/h6-12,15-16,28H,13-14,17H2,1-5H3. The smallest absolute Gasteiger partial charge is 0.0687 e. The fourth-order valence-corrected chi connectivity index (χ4v) is 4.48. The van der Waals surface area contributed by atoms with Gasteiger partial charge < -0.3 is 5.11 Å². The van der Waals surface area contributed by atoms with Crippen LogP contribution in [0.15, 0.2) is 59.1 Å². The Balaban J connectivity index is 1.97. The zero-order valence-electron chi connectivity index (χ0n) is 17.6. The van der Waals surface area contributed by atoms with Crippen molar-refractivity contribution in [2.24, 2.45) is 0 Å². The van der Waals surface area contributed by atoms with Gasteiger partial charge in [-0.1, -0.05) is 86.1 Å². The Morgan fingerprint density at radius 3 is 2.25 bits per heavy atom. The molecule has 2 aromatic rings. The Morgan fingerprint density at radius 2 is 1.61 bits per heavy atom. The maximum Gasteiger partial charge on any atom is 0.0687 e. The second-order valence-corrected chi connectivity index (χ2v) is 10.2. The molecule has 0 unspecified atom stereocenters. The minimum Gasteiger partial charge on any atom is -0.392 e. The number of rotatable bonds is 4. The van der Waals surface area contributed by atoms with Crippen LogP contribution in [0.3, 0.4) is 0 Å². The van der Waals surface area contributed by atoms with Crippen molar-refractivity contribution in [2.75, 3.05) is 6.61 Å². The van der Waals surface area contributed by atoms with E-state index in [0.717, 1.165) is 15.6 Å². The molecule has 0 amide bonds. The SMILES string of the molecule is CC(=CC=C(CO)c1cccc(Br)c1)c1ccc2c(c1)C(C)(C)CCC2(C)C. The van der Waals surface area contributed by atoms with E-state index in [1.54, 1.807) is 0 Å². The quantitative estimate of drug-likeness (QED) is 0.497. The van der Waals surface area contributed by atoms with E-state index in [1.807, 2.05) is 30.3 Å². The number of hydrogen-bond donors (Lipinski definition) is 1. The van der Waals surface area contributed by atoms with Crippen LogP contribution in [-0.4, -0.2) is 11.7 Å².